The number of hydrogen-bond donors (Lipinski definition) is 1. The number of rotatable bonds is 8. The van der Waals surface area contributed by atoms with Crippen LogP contribution in [-0.4, -0.2) is 19.2 Å². The minimum absolute atomic E-state index is 0.276. The van der Waals surface area contributed by atoms with Crippen LogP contribution in [0.5, 0.6) is 0 Å². The van der Waals surface area contributed by atoms with Gasteiger partial charge in [-0.25, -0.2) is 4.79 Å². The monoisotopic (exact) mass is 201 g/mol. The Morgan fingerprint density at radius 2 is 1.79 bits per heavy atom. The van der Waals surface area contributed by atoms with E-state index in [4.69, 9.17) is 4.74 Å². The molecule has 0 atom stereocenters. The van der Waals surface area contributed by atoms with E-state index in [2.05, 4.69) is 12.2 Å². The van der Waals surface area contributed by atoms with Gasteiger partial charge in [-0.05, 0) is 12.8 Å². The van der Waals surface area contributed by atoms with Crippen molar-refractivity contribution in [3.63, 3.8) is 0 Å². The van der Waals surface area contributed by atoms with Crippen molar-refractivity contribution in [3.8, 4) is 0 Å². The van der Waals surface area contributed by atoms with E-state index in [1.807, 2.05) is 6.92 Å². The smallest absolute Gasteiger partial charge is 0.407 e. The molecule has 3 nitrogen and oxygen atoms in total. The fraction of sp³-hybridized carbons (Fsp3) is 0.909. The van der Waals surface area contributed by atoms with E-state index in [0.717, 1.165) is 19.3 Å². The van der Waals surface area contributed by atoms with Crippen LogP contribution < -0.4 is 5.32 Å². The van der Waals surface area contributed by atoms with Crippen LogP contribution in [0.25, 0.3) is 0 Å². The molecule has 0 unspecified atom stereocenters. The normalized spacial score (nSPS) is 9.86. The molecule has 14 heavy (non-hydrogen) atoms. The highest BCUT2D eigenvalue weighted by atomic mass is 16.5. The Morgan fingerprint density at radius 3 is 2.43 bits per heavy atom. The molecule has 0 rings (SSSR count). The van der Waals surface area contributed by atoms with E-state index in [1.165, 1.54) is 19.3 Å². The maximum Gasteiger partial charge on any atom is 0.407 e. The Kier molecular flexibility index (Phi) is 9.81. The summed E-state index contributed by atoms with van der Waals surface area (Å²) in [5.74, 6) is 0. The van der Waals surface area contributed by atoms with E-state index in [-0.39, 0.29) is 6.09 Å². The number of ether oxygens (including phenoxy) is 1. The summed E-state index contributed by atoms with van der Waals surface area (Å²) in [6.45, 7) is 5.47. The largest absolute Gasteiger partial charge is 0.450 e. The summed E-state index contributed by atoms with van der Waals surface area (Å²) in [7, 11) is 0. The van der Waals surface area contributed by atoms with Gasteiger partial charge in [0, 0.05) is 6.54 Å². The highest BCUT2D eigenvalue weighted by Crippen LogP contribution is 2.02. The Balaban J connectivity index is 3.07. The van der Waals surface area contributed by atoms with Crippen LogP contribution in [0.3, 0.4) is 0 Å². The van der Waals surface area contributed by atoms with Crippen molar-refractivity contribution < 1.29 is 9.53 Å². The van der Waals surface area contributed by atoms with Crippen LogP contribution in [0.2, 0.25) is 0 Å². The summed E-state index contributed by atoms with van der Waals surface area (Å²) in [4.78, 5) is 11.0. The van der Waals surface area contributed by atoms with Crippen LogP contribution in [0, 0.1) is 0 Å². The molecule has 0 aliphatic heterocycles. The molecule has 3 heteroatoms. The summed E-state index contributed by atoms with van der Waals surface area (Å²) in [5.41, 5.74) is 0. The summed E-state index contributed by atoms with van der Waals surface area (Å²) >= 11 is 0. The van der Waals surface area contributed by atoms with Crippen molar-refractivity contribution in [2.75, 3.05) is 13.2 Å². The predicted molar refractivity (Wildman–Crippen MR) is 58.4 cm³/mol. The molecule has 1 N–H and O–H groups in total. The lowest BCUT2D eigenvalue weighted by atomic mass is 10.2. The van der Waals surface area contributed by atoms with Crippen LogP contribution >= 0.6 is 0 Å². The molecule has 84 valence electrons. The number of carbonyl (C=O) groups excluding carboxylic acids is 1. The molecule has 0 fully saturated rings. The summed E-state index contributed by atoms with van der Waals surface area (Å²) in [6.07, 6.45) is 6.60. The van der Waals surface area contributed by atoms with Crippen molar-refractivity contribution >= 4 is 6.09 Å². The molecule has 1 amide bonds. The SMILES string of the molecule is CCCCCCCOC(=O)NCCC. The average Bonchev–Trinajstić information content (AvgIpc) is 2.20. The van der Waals surface area contributed by atoms with Crippen molar-refractivity contribution in [1.82, 2.24) is 5.32 Å². The van der Waals surface area contributed by atoms with Crippen molar-refractivity contribution in [2.24, 2.45) is 0 Å². The Hall–Kier alpha value is -0.730. The minimum Gasteiger partial charge on any atom is -0.450 e. The lowest BCUT2D eigenvalue weighted by Gasteiger charge is -2.05. The van der Waals surface area contributed by atoms with Crippen molar-refractivity contribution in [3.05, 3.63) is 0 Å². The molecular formula is C11H23NO2. The summed E-state index contributed by atoms with van der Waals surface area (Å²) < 4.78 is 4.97. The van der Waals surface area contributed by atoms with E-state index in [1.54, 1.807) is 0 Å². The van der Waals surface area contributed by atoms with E-state index < -0.39 is 0 Å². The van der Waals surface area contributed by atoms with Gasteiger partial charge in [-0.1, -0.05) is 39.5 Å². The standard InChI is InChI=1S/C11H23NO2/c1-3-5-6-7-8-10-14-11(13)12-9-4-2/h3-10H2,1-2H3,(H,12,13). The molecule has 0 aromatic rings. The molecule has 0 bridgehead atoms. The van der Waals surface area contributed by atoms with Crippen LogP contribution in [0.15, 0.2) is 0 Å². The Morgan fingerprint density at radius 1 is 1.07 bits per heavy atom. The molecule has 0 heterocycles. The molecule has 0 saturated carbocycles. The minimum atomic E-state index is -0.276. The Bertz CT molecular complexity index is 137. The lowest BCUT2D eigenvalue weighted by molar-refractivity contribution is 0.144. The highest BCUT2D eigenvalue weighted by Gasteiger charge is 1.98. The average molecular weight is 201 g/mol. The second-order valence-corrected chi connectivity index (χ2v) is 3.48. The zero-order valence-electron chi connectivity index (χ0n) is 9.47. The van der Waals surface area contributed by atoms with Crippen LogP contribution in [0.1, 0.15) is 52.4 Å². The van der Waals surface area contributed by atoms with E-state index >= 15 is 0 Å². The van der Waals surface area contributed by atoms with Crippen molar-refractivity contribution in [2.45, 2.75) is 52.4 Å². The molecule has 0 aliphatic carbocycles. The number of nitrogens with one attached hydrogen (secondary N) is 1. The number of alkyl carbamates (subject to hydrolysis) is 1. The molecule has 0 saturated heterocycles. The lowest BCUT2D eigenvalue weighted by Crippen LogP contribution is -2.25. The molecule has 0 aromatic heterocycles. The summed E-state index contributed by atoms with van der Waals surface area (Å²) in [6, 6.07) is 0. The van der Waals surface area contributed by atoms with E-state index in [9.17, 15) is 4.79 Å². The first kappa shape index (κ1) is 13.3. The molecule has 0 spiro atoms. The number of hydrogen-bond acceptors (Lipinski definition) is 2. The molecular weight excluding hydrogens is 178 g/mol. The quantitative estimate of drug-likeness (QED) is 0.613. The topological polar surface area (TPSA) is 38.3 Å². The van der Waals surface area contributed by atoms with Gasteiger partial charge >= 0.3 is 6.09 Å². The zero-order valence-corrected chi connectivity index (χ0v) is 9.47. The third-order valence-corrected chi connectivity index (χ3v) is 2.00. The highest BCUT2D eigenvalue weighted by molar-refractivity contribution is 5.66. The maximum atomic E-state index is 11.0. The van der Waals surface area contributed by atoms with Gasteiger partial charge < -0.3 is 10.1 Å². The molecule has 0 radical (unpaired) electrons. The van der Waals surface area contributed by atoms with Crippen LogP contribution in [-0.2, 0) is 4.74 Å². The van der Waals surface area contributed by atoms with Gasteiger partial charge in [-0.3, -0.25) is 0 Å². The fourth-order valence-electron chi connectivity index (χ4n) is 1.15. The number of carbonyl (C=O) groups is 1. The zero-order chi connectivity index (χ0) is 10.6. The molecule has 0 aliphatic rings. The molecule has 0 aromatic carbocycles. The maximum absolute atomic E-state index is 11.0. The van der Waals surface area contributed by atoms with Gasteiger partial charge in [-0.2, -0.15) is 0 Å². The third kappa shape index (κ3) is 9.36. The van der Waals surface area contributed by atoms with Crippen LogP contribution in [0.4, 0.5) is 4.79 Å². The van der Waals surface area contributed by atoms with Gasteiger partial charge in [0.15, 0.2) is 0 Å². The Labute approximate surface area is 87.2 Å². The predicted octanol–water partition coefficient (Wildman–Crippen LogP) is 3.09. The van der Waals surface area contributed by atoms with Crippen molar-refractivity contribution in [1.29, 1.82) is 0 Å². The first-order chi connectivity index (χ1) is 6.81. The van der Waals surface area contributed by atoms with Gasteiger partial charge in [0.05, 0.1) is 6.61 Å². The second-order valence-electron chi connectivity index (χ2n) is 3.48. The number of amides is 1. The first-order valence-corrected chi connectivity index (χ1v) is 5.71. The third-order valence-electron chi connectivity index (χ3n) is 2.00. The first-order valence-electron chi connectivity index (χ1n) is 5.71. The van der Waals surface area contributed by atoms with Gasteiger partial charge in [0.2, 0.25) is 0 Å². The van der Waals surface area contributed by atoms with Gasteiger partial charge in [0.1, 0.15) is 0 Å². The number of unbranched alkanes of at least 4 members (excludes halogenated alkanes) is 4. The van der Waals surface area contributed by atoms with Gasteiger partial charge in [-0.15, -0.1) is 0 Å². The summed E-state index contributed by atoms with van der Waals surface area (Å²) in [5, 5.41) is 2.67. The fourth-order valence-corrected chi connectivity index (χ4v) is 1.15. The second kappa shape index (κ2) is 10.4. The van der Waals surface area contributed by atoms with E-state index in [0.29, 0.717) is 13.2 Å². The van der Waals surface area contributed by atoms with Gasteiger partial charge in [0.25, 0.3) is 0 Å².